The number of ether oxygens (including phenoxy) is 2. The number of amides is 1. The second-order valence-electron chi connectivity index (χ2n) is 6.77. The molecule has 2 aromatic rings. The molecule has 1 amide bonds. The summed E-state index contributed by atoms with van der Waals surface area (Å²) in [5.74, 6) is 1.84. The van der Waals surface area contributed by atoms with Crippen LogP contribution in [-0.2, 0) is 11.4 Å². The van der Waals surface area contributed by atoms with E-state index in [9.17, 15) is 4.79 Å². The summed E-state index contributed by atoms with van der Waals surface area (Å²) in [6.45, 7) is 3.98. The van der Waals surface area contributed by atoms with Crippen LogP contribution in [0.25, 0.3) is 0 Å². The van der Waals surface area contributed by atoms with Crippen molar-refractivity contribution in [2.24, 2.45) is 11.7 Å². The minimum Gasteiger partial charge on any atom is -0.489 e. The maximum Gasteiger partial charge on any atom is 0.260 e. The first-order chi connectivity index (χ1) is 12.7. The molecule has 0 aliphatic carbocycles. The summed E-state index contributed by atoms with van der Waals surface area (Å²) in [7, 11) is 0. The first-order valence-corrected chi connectivity index (χ1v) is 9.05. The van der Waals surface area contributed by atoms with Crippen molar-refractivity contribution >= 4 is 5.91 Å². The fourth-order valence-corrected chi connectivity index (χ4v) is 3.26. The smallest absolute Gasteiger partial charge is 0.260 e. The zero-order chi connectivity index (χ0) is 18.4. The molecule has 1 aliphatic heterocycles. The fourth-order valence-electron chi connectivity index (χ4n) is 3.26. The van der Waals surface area contributed by atoms with Crippen molar-refractivity contribution in [3.63, 3.8) is 0 Å². The third kappa shape index (κ3) is 4.76. The van der Waals surface area contributed by atoms with Crippen LogP contribution in [0.5, 0.6) is 11.5 Å². The molecule has 5 heteroatoms. The molecule has 0 spiro atoms. The summed E-state index contributed by atoms with van der Waals surface area (Å²) < 4.78 is 11.4. The zero-order valence-corrected chi connectivity index (χ0v) is 15.1. The maximum absolute atomic E-state index is 12.4. The van der Waals surface area contributed by atoms with Crippen LogP contribution in [0.3, 0.4) is 0 Å². The van der Waals surface area contributed by atoms with Crippen LogP contribution < -0.4 is 15.2 Å². The molecule has 5 nitrogen and oxygen atoms in total. The van der Waals surface area contributed by atoms with Crippen molar-refractivity contribution < 1.29 is 14.3 Å². The van der Waals surface area contributed by atoms with E-state index in [2.05, 4.69) is 6.92 Å². The summed E-state index contributed by atoms with van der Waals surface area (Å²) in [6, 6.07) is 17.6. The molecule has 138 valence electrons. The highest BCUT2D eigenvalue weighted by Crippen LogP contribution is 2.23. The minimum absolute atomic E-state index is 0.0119. The van der Waals surface area contributed by atoms with Crippen molar-refractivity contribution in [3.05, 3.63) is 60.2 Å². The van der Waals surface area contributed by atoms with E-state index in [0.717, 1.165) is 24.3 Å². The van der Waals surface area contributed by atoms with Gasteiger partial charge in [-0.05, 0) is 55.6 Å². The Labute approximate surface area is 154 Å². The molecule has 2 atom stereocenters. The van der Waals surface area contributed by atoms with Gasteiger partial charge in [0.25, 0.3) is 5.91 Å². The third-order valence-corrected chi connectivity index (χ3v) is 4.75. The predicted octanol–water partition coefficient (Wildman–Crippen LogP) is 2.84. The first kappa shape index (κ1) is 18.3. The van der Waals surface area contributed by atoms with E-state index in [-0.39, 0.29) is 18.6 Å². The molecule has 3 rings (SSSR count). The van der Waals surface area contributed by atoms with E-state index in [1.54, 1.807) is 0 Å². The highest BCUT2D eigenvalue weighted by molar-refractivity contribution is 5.78. The minimum atomic E-state index is 0.0119. The lowest BCUT2D eigenvalue weighted by Gasteiger charge is -2.21. The molecular formula is C21H26N2O3. The summed E-state index contributed by atoms with van der Waals surface area (Å²) in [5, 5.41) is 0. The van der Waals surface area contributed by atoms with Gasteiger partial charge in [0, 0.05) is 12.6 Å². The highest BCUT2D eigenvalue weighted by atomic mass is 16.5. The van der Waals surface area contributed by atoms with Crippen molar-refractivity contribution in [2.45, 2.75) is 26.0 Å². The van der Waals surface area contributed by atoms with Crippen LogP contribution in [-0.4, -0.2) is 36.5 Å². The molecule has 1 aliphatic rings. The van der Waals surface area contributed by atoms with E-state index < -0.39 is 0 Å². The fraction of sp³-hybridized carbons (Fsp3) is 0.381. The van der Waals surface area contributed by atoms with Crippen molar-refractivity contribution in [1.82, 2.24) is 4.90 Å². The molecule has 1 fully saturated rings. The Morgan fingerprint density at radius 2 is 1.73 bits per heavy atom. The Bertz CT molecular complexity index is 703. The Morgan fingerprint density at radius 1 is 1.08 bits per heavy atom. The molecule has 26 heavy (non-hydrogen) atoms. The van der Waals surface area contributed by atoms with E-state index in [1.807, 2.05) is 59.5 Å². The predicted molar refractivity (Wildman–Crippen MR) is 101 cm³/mol. The van der Waals surface area contributed by atoms with Gasteiger partial charge in [0.15, 0.2) is 6.61 Å². The molecule has 0 aromatic heterocycles. The molecule has 0 bridgehead atoms. The summed E-state index contributed by atoms with van der Waals surface area (Å²) >= 11 is 0. The Morgan fingerprint density at radius 3 is 2.35 bits per heavy atom. The normalized spacial score (nSPS) is 19.4. The molecule has 1 heterocycles. The quantitative estimate of drug-likeness (QED) is 0.830. The van der Waals surface area contributed by atoms with Gasteiger partial charge in [-0.2, -0.15) is 0 Å². The number of carbonyl (C=O) groups is 1. The SMILES string of the molecule is CC1CC(CN)CN1C(=O)COc1ccc(OCc2ccccc2)cc1. The monoisotopic (exact) mass is 354 g/mol. The van der Waals surface area contributed by atoms with Gasteiger partial charge in [-0.3, -0.25) is 4.79 Å². The topological polar surface area (TPSA) is 64.8 Å². The van der Waals surface area contributed by atoms with Crippen LogP contribution in [0, 0.1) is 5.92 Å². The van der Waals surface area contributed by atoms with Gasteiger partial charge < -0.3 is 20.1 Å². The Balaban J connectivity index is 1.46. The number of rotatable bonds is 7. The lowest BCUT2D eigenvalue weighted by atomic mass is 10.1. The van der Waals surface area contributed by atoms with Crippen molar-refractivity contribution in [2.75, 3.05) is 19.7 Å². The number of hydrogen-bond donors (Lipinski definition) is 1. The number of nitrogens with zero attached hydrogens (tertiary/aromatic N) is 1. The Kier molecular flexibility index (Phi) is 6.12. The molecule has 2 N–H and O–H groups in total. The number of nitrogens with two attached hydrogens (primary N) is 1. The standard InChI is InChI=1S/C21H26N2O3/c1-16-11-18(12-22)13-23(16)21(24)15-26-20-9-7-19(8-10-20)25-14-17-5-3-2-4-6-17/h2-10,16,18H,11-15,22H2,1H3. The zero-order valence-electron chi connectivity index (χ0n) is 15.1. The van der Waals surface area contributed by atoms with E-state index in [0.29, 0.717) is 24.8 Å². The second kappa shape index (κ2) is 8.72. The molecule has 2 unspecified atom stereocenters. The van der Waals surface area contributed by atoms with E-state index >= 15 is 0 Å². The van der Waals surface area contributed by atoms with Gasteiger partial charge >= 0.3 is 0 Å². The second-order valence-corrected chi connectivity index (χ2v) is 6.77. The molecular weight excluding hydrogens is 328 g/mol. The molecule has 2 aromatic carbocycles. The van der Waals surface area contributed by atoms with Crippen molar-refractivity contribution in [3.8, 4) is 11.5 Å². The van der Waals surface area contributed by atoms with Gasteiger partial charge in [0.05, 0.1) is 0 Å². The van der Waals surface area contributed by atoms with Gasteiger partial charge in [-0.25, -0.2) is 0 Å². The maximum atomic E-state index is 12.4. The van der Waals surface area contributed by atoms with Crippen LogP contribution in [0.1, 0.15) is 18.9 Å². The van der Waals surface area contributed by atoms with Gasteiger partial charge in [0.1, 0.15) is 18.1 Å². The average Bonchev–Trinajstić information content (AvgIpc) is 3.07. The van der Waals surface area contributed by atoms with E-state index in [1.165, 1.54) is 0 Å². The van der Waals surface area contributed by atoms with Crippen LogP contribution in [0.15, 0.2) is 54.6 Å². The number of likely N-dealkylation sites (tertiary alicyclic amines) is 1. The van der Waals surface area contributed by atoms with Gasteiger partial charge in [-0.1, -0.05) is 30.3 Å². The van der Waals surface area contributed by atoms with Crippen LogP contribution in [0.4, 0.5) is 0 Å². The van der Waals surface area contributed by atoms with Crippen LogP contribution >= 0.6 is 0 Å². The number of benzene rings is 2. The van der Waals surface area contributed by atoms with E-state index in [4.69, 9.17) is 15.2 Å². The largest absolute Gasteiger partial charge is 0.489 e. The molecule has 0 saturated carbocycles. The number of hydrogen-bond acceptors (Lipinski definition) is 4. The Hall–Kier alpha value is -2.53. The number of carbonyl (C=O) groups excluding carboxylic acids is 1. The molecule has 0 radical (unpaired) electrons. The van der Waals surface area contributed by atoms with Gasteiger partial charge in [-0.15, -0.1) is 0 Å². The molecule has 1 saturated heterocycles. The summed E-state index contributed by atoms with van der Waals surface area (Å²) in [4.78, 5) is 14.2. The summed E-state index contributed by atoms with van der Waals surface area (Å²) in [5.41, 5.74) is 6.84. The lowest BCUT2D eigenvalue weighted by Crippen LogP contribution is -2.37. The van der Waals surface area contributed by atoms with Gasteiger partial charge in [0.2, 0.25) is 0 Å². The third-order valence-electron chi connectivity index (χ3n) is 4.75. The average molecular weight is 354 g/mol. The van der Waals surface area contributed by atoms with Crippen LogP contribution in [0.2, 0.25) is 0 Å². The summed E-state index contributed by atoms with van der Waals surface area (Å²) in [6.07, 6.45) is 0.968. The highest BCUT2D eigenvalue weighted by Gasteiger charge is 2.31. The van der Waals surface area contributed by atoms with Crippen molar-refractivity contribution in [1.29, 1.82) is 0 Å². The first-order valence-electron chi connectivity index (χ1n) is 9.05. The lowest BCUT2D eigenvalue weighted by molar-refractivity contribution is -0.134.